The van der Waals surface area contributed by atoms with E-state index in [1.807, 2.05) is 0 Å². The van der Waals surface area contributed by atoms with Gasteiger partial charge in [0.2, 0.25) is 0 Å². The number of hydrogen-bond donors (Lipinski definition) is 3. The minimum Gasteiger partial charge on any atom is -0.508 e. The minimum atomic E-state index is -0.662. The van der Waals surface area contributed by atoms with Gasteiger partial charge >= 0.3 is 0 Å². The quantitative estimate of drug-likeness (QED) is 0.407. The topological polar surface area (TPSA) is 104 Å². The molecule has 1 heterocycles. The molecule has 2 atom stereocenters. The summed E-state index contributed by atoms with van der Waals surface area (Å²) in [6, 6.07) is 17.1. The van der Waals surface area contributed by atoms with Crippen molar-refractivity contribution >= 4 is 11.6 Å². The Hall–Kier alpha value is -3.55. The molecular weight excluding hydrogens is 459 g/mol. The van der Waals surface area contributed by atoms with Gasteiger partial charge in [-0.25, -0.2) is 4.39 Å². The van der Waals surface area contributed by atoms with E-state index in [2.05, 4.69) is 4.90 Å². The van der Waals surface area contributed by atoms with E-state index in [9.17, 15) is 24.2 Å². The van der Waals surface area contributed by atoms with Crippen LogP contribution in [0.2, 0.25) is 0 Å². The Morgan fingerprint density at radius 2 is 1.44 bits per heavy atom. The number of rotatable bonds is 8. The second kappa shape index (κ2) is 11.0. The number of hydrogen-bond acceptors (Lipinski definition) is 6. The van der Waals surface area contributed by atoms with Crippen LogP contribution in [0.4, 0.5) is 4.39 Å². The van der Waals surface area contributed by atoms with E-state index >= 15 is 0 Å². The van der Waals surface area contributed by atoms with Crippen LogP contribution in [0, 0.1) is 24.6 Å². The summed E-state index contributed by atoms with van der Waals surface area (Å²) in [6.07, 6.45) is 0.698. The van der Waals surface area contributed by atoms with Gasteiger partial charge in [0.1, 0.15) is 17.3 Å². The second-order valence-electron chi connectivity index (χ2n) is 9.42. The average molecular weight is 491 g/mol. The maximum absolute atomic E-state index is 14.7. The lowest BCUT2D eigenvalue weighted by Crippen LogP contribution is -2.51. The van der Waals surface area contributed by atoms with Gasteiger partial charge in [-0.15, -0.1) is 0 Å². The van der Waals surface area contributed by atoms with Gasteiger partial charge in [0.05, 0.1) is 0 Å². The first-order chi connectivity index (χ1) is 17.3. The van der Waals surface area contributed by atoms with Crippen molar-refractivity contribution in [1.82, 2.24) is 4.90 Å². The first kappa shape index (κ1) is 25.5. The van der Waals surface area contributed by atoms with E-state index in [1.54, 1.807) is 43.3 Å². The lowest BCUT2D eigenvalue weighted by molar-refractivity contribution is 0.0570. The highest BCUT2D eigenvalue weighted by molar-refractivity contribution is 6.02. The third-order valence-electron chi connectivity index (χ3n) is 7.06. The average Bonchev–Trinajstić information content (AvgIpc) is 2.88. The summed E-state index contributed by atoms with van der Waals surface area (Å²) in [6.45, 7) is 3.49. The summed E-state index contributed by atoms with van der Waals surface area (Å²) in [5, 5.41) is 20.0. The molecule has 7 heteroatoms. The Morgan fingerprint density at radius 1 is 0.917 bits per heavy atom. The Balaban J connectivity index is 1.85. The number of phenols is 2. The van der Waals surface area contributed by atoms with E-state index in [4.69, 9.17) is 5.73 Å². The van der Waals surface area contributed by atoms with Crippen LogP contribution >= 0.6 is 0 Å². The van der Waals surface area contributed by atoms with Crippen molar-refractivity contribution in [2.24, 2.45) is 17.6 Å². The van der Waals surface area contributed by atoms with Crippen molar-refractivity contribution in [3.05, 3.63) is 94.8 Å². The van der Waals surface area contributed by atoms with Crippen molar-refractivity contribution in [3.8, 4) is 11.5 Å². The molecule has 0 spiro atoms. The summed E-state index contributed by atoms with van der Waals surface area (Å²) in [5.41, 5.74) is 7.44. The molecule has 188 valence electrons. The maximum Gasteiger partial charge on any atom is 0.167 e. The molecule has 1 fully saturated rings. The molecule has 6 nitrogen and oxygen atoms in total. The van der Waals surface area contributed by atoms with Crippen molar-refractivity contribution in [3.63, 3.8) is 0 Å². The van der Waals surface area contributed by atoms with Gasteiger partial charge in [-0.05, 0) is 67.9 Å². The number of nitrogens with two attached hydrogens (primary N) is 1. The van der Waals surface area contributed by atoms with Gasteiger partial charge in [-0.3, -0.25) is 9.59 Å². The zero-order chi connectivity index (χ0) is 25.8. The molecule has 4 rings (SSSR count). The number of phenolic OH excluding ortho intramolecular Hbond substituents is 2. The number of carbonyl (C=O) groups is 2. The molecule has 0 aromatic heterocycles. The van der Waals surface area contributed by atoms with Gasteiger partial charge in [-0.2, -0.15) is 0 Å². The largest absolute Gasteiger partial charge is 0.508 e. The summed E-state index contributed by atoms with van der Waals surface area (Å²) >= 11 is 0. The zero-order valence-electron chi connectivity index (χ0n) is 20.2. The monoisotopic (exact) mass is 490 g/mol. The number of likely N-dealkylation sites (tertiary alicyclic amines) is 1. The Kier molecular flexibility index (Phi) is 7.82. The van der Waals surface area contributed by atoms with Crippen molar-refractivity contribution < 1.29 is 24.2 Å². The molecule has 1 aliphatic rings. The molecule has 3 aromatic rings. The predicted molar refractivity (Wildman–Crippen MR) is 136 cm³/mol. The Bertz CT molecular complexity index is 1190. The molecule has 2 unspecified atom stereocenters. The molecule has 0 amide bonds. The molecule has 1 aliphatic heterocycles. The fourth-order valence-corrected chi connectivity index (χ4v) is 5.29. The molecule has 1 saturated heterocycles. The smallest absolute Gasteiger partial charge is 0.167 e. The Labute approximate surface area is 210 Å². The lowest BCUT2D eigenvalue weighted by Gasteiger charge is -2.43. The molecule has 4 N–H and O–H groups in total. The van der Waals surface area contributed by atoms with E-state index < -0.39 is 23.6 Å². The SMILES string of the molecule is Cc1c(F)cccc1C1C(C(=O)c2cccc(O)c2)CN(CCCN)CC1C(=O)c1cccc(O)c1. The fraction of sp³-hybridized carbons (Fsp3) is 0.310. The van der Waals surface area contributed by atoms with Gasteiger partial charge < -0.3 is 20.8 Å². The normalized spacial score (nSPS) is 20.2. The molecule has 3 aromatic carbocycles. The van der Waals surface area contributed by atoms with Crippen molar-refractivity contribution in [1.29, 1.82) is 0 Å². The van der Waals surface area contributed by atoms with E-state index in [0.29, 0.717) is 54.9 Å². The van der Waals surface area contributed by atoms with Crippen molar-refractivity contribution in [2.75, 3.05) is 26.2 Å². The number of nitrogens with zero attached hydrogens (tertiary/aromatic N) is 1. The van der Waals surface area contributed by atoms with Crippen LogP contribution in [0.3, 0.4) is 0 Å². The summed E-state index contributed by atoms with van der Waals surface area (Å²) < 4.78 is 14.7. The van der Waals surface area contributed by atoms with Crippen LogP contribution in [-0.2, 0) is 0 Å². The first-order valence-electron chi connectivity index (χ1n) is 12.1. The highest BCUT2D eigenvalue weighted by Crippen LogP contribution is 2.42. The van der Waals surface area contributed by atoms with E-state index in [-0.39, 0.29) is 23.1 Å². The highest BCUT2D eigenvalue weighted by Gasteiger charge is 2.45. The van der Waals surface area contributed by atoms with Gasteiger partial charge in [0, 0.05) is 42.0 Å². The number of Topliss-reactive ketones (excluding diaryl/α,β-unsaturated/α-hetero) is 2. The van der Waals surface area contributed by atoms with Crippen molar-refractivity contribution in [2.45, 2.75) is 19.3 Å². The molecule has 0 radical (unpaired) electrons. The third-order valence-corrected chi connectivity index (χ3v) is 7.06. The molecule has 36 heavy (non-hydrogen) atoms. The number of benzene rings is 3. The standard InChI is InChI=1S/C29H31FN2O4/c1-18-23(10-4-11-26(18)30)27-24(28(35)19-6-2-8-21(33)14-19)16-32(13-5-12-31)17-25(27)29(36)20-7-3-9-22(34)15-20/h2-4,6-11,14-15,24-25,27,33-34H,5,12-13,16-17,31H2,1H3. The number of carbonyl (C=O) groups excluding carboxylic acids is 2. The summed E-state index contributed by atoms with van der Waals surface area (Å²) in [4.78, 5) is 29.9. The van der Waals surface area contributed by atoms with Crippen LogP contribution in [-0.4, -0.2) is 52.9 Å². The van der Waals surface area contributed by atoms with Gasteiger partial charge in [-0.1, -0.05) is 36.4 Å². The lowest BCUT2D eigenvalue weighted by atomic mass is 9.67. The fourth-order valence-electron chi connectivity index (χ4n) is 5.29. The van der Waals surface area contributed by atoms with Crippen LogP contribution < -0.4 is 5.73 Å². The number of aromatic hydroxyl groups is 2. The second-order valence-corrected chi connectivity index (χ2v) is 9.42. The molecular formula is C29H31FN2O4. The number of halogens is 1. The molecule has 0 bridgehead atoms. The predicted octanol–water partition coefficient (Wildman–Crippen LogP) is 4.29. The van der Waals surface area contributed by atoms with E-state index in [1.165, 1.54) is 30.3 Å². The first-order valence-corrected chi connectivity index (χ1v) is 12.1. The van der Waals surface area contributed by atoms with E-state index in [0.717, 1.165) is 0 Å². The number of piperidine rings is 1. The minimum absolute atomic E-state index is 0.0254. The number of ketones is 2. The third kappa shape index (κ3) is 5.32. The van der Waals surface area contributed by atoms with Crippen LogP contribution in [0.25, 0.3) is 0 Å². The maximum atomic E-state index is 14.7. The molecule has 0 aliphatic carbocycles. The Morgan fingerprint density at radius 3 is 1.94 bits per heavy atom. The van der Waals surface area contributed by atoms with Crippen LogP contribution in [0.1, 0.15) is 44.2 Å². The summed E-state index contributed by atoms with van der Waals surface area (Å²) in [7, 11) is 0. The molecule has 0 saturated carbocycles. The van der Waals surface area contributed by atoms with Crippen LogP contribution in [0.15, 0.2) is 66.7 Å². The zero-order valence-corrected chi connectivity index (χ0v) is 20.2. The highest BCUT2D eigenvalue weighted by atomic mass is 19.1. The van der Waals surface area contributed by atoms with Gasteiger partial charge in [0.15, 0.2) is 11.6 Å². The summed E-state index contributed by atoms with van der Waals surface area (Å²) in [5.74, 6) is -2.80. The van der Waals surface area contributed by atoms with Crippen LogP contribution in [0.5, 0.6) is 11.5 Å². The van der Waals surface area contributed by atoms with Gasteiger partial charge in [0.25, 0.3) is 0 Å².